The molecular formula is C26H21N. The summed E-state index contributed by atoms with van der Waals surface area (Å²) in [7, 11) is 0. The number of hydrogen-bond donors (Lipinski definition) is 1. The van der Waals surface area contributed by atoms with Crippen LogP contribution in [0.15, 0.2) is 97.1 Å². The number of hydrogen-bond acceptors (Lipinski definition) is 1. The summed E-state index contributed by atoms with van der Waals surface area (Å²) in [5, 5.41) is 0. The molecule has 0 spiro atoms. The predicted molar refractivity (Wildman–Crippen MR) is 113 cm³/mol. The Balaban J connectivity index is 1.99. The third-order valence-electron chi connectivity index (χ3n) is 5.73. The molecule has 0 amide bonds. The maximum absolute atomic E-state index is 6.27. The van der Waals surface area contributed by atoms with E-state index in [4.69, 9.17) is 5.73 Å². The zero-order chi connectivity index (χ0) is 18.4. The number of fused-ring (bicyclic) bond motifs is 3. The lowest BCUT2D eigenvalue weighted by molar-refractivity contribution is 0.767. The van der Waals surface area contributed by atoms with Gasteiger partial charge in [-0.1, -0.05) is 90.5 Å². The van der Waals surface area contributed by atoms with E-state index in [1.165, 1.54) is 38.9 Å². The second kappa shape index (κ2) is 5.85. The topological polar surface area (TPSA) is 26.0 Å². The highest BCUT2D eigenvalue weighted by Gasteiger charge is 2.45. The van der Waals surface area contributed by atoms with E-state index in [0.717, 1.165) is 5.69 Å². The lowest BCUT2D eigenvalue weighted by Crippen LogP contribution is -2.28. The van der Waals surface area contributed by atoms with Gasteiger partial charge in [0, 0.05) is 5.69 Å². The Hall–Kier alpha value is -3.32. The van der Waals surface area contributed by atoms with Gasteiger partial charge in [0.15, 0.2) is 0 Å². The summed E-state index contributed by atoms with van der Waals surface area (Å²) in [6, 6.07) is 34.7. The van der Waals surface area contributed by atoms with Gasteiger partial charge in [-0.3, -0.25) is 0 Å². The molecule has 1 nitrogen and oxygen atoms in total. The Morgan fingerprint density at radius 1 is 0.593 bits per heavy atom. The molecule has 0 saturated heterocycles. The van der Waals surface area contributed by atoms with Crippen LogP contribution in [0, 0.1) is 6.92 Å². The van der Waals surface area contributed by atoms with Gasteiger partial charge in [0.25, 0.3) is 0 Å². The van der Waals surface area contributed by atoms with E-state index in [9.17, 15) is 0 Å². The van der Waals surface area contributed by atoms with Gasteiger partial charge < -0.3 is 5.73 Å². The van der Waals surface area contributed by atoms with Crippen molar-refractivity contribution < 1.29 is 0 Å². The number of rotatable bonds is 2. The number of nitrogen functional groups attached to an aromatic ring is 1. The van der Waals surface area contributed by atoms with Crippen LogP contribution >= 0.6 is 0 Å². The Morgan fingerprint density at radius 3 is 2.11 bits per heavy atom. The Morgan fingerprint density at radius 2 is 1.30 bits per heavy atom. The van der Waals surface area contributed by atoms with Crippen molar-refractivity contribution >= 4 is 5.69 Å². The van der Waals surface area contributed by atoms with Gasteiger partial charge >= 0.3 is 0 Å². The lowest BCUT2D eigenvalue weighted by Gasteiger charge is -2.34. The largest absolute Gasteiger partial charge is 0.399 e. The van der Waals surface area contributed by atoms with Crippen molar-refractivity contribution in [2.75, 3.05) is 5.73 Å². The van der Waals surface area contributed by atoms with Crippen molar-refractivity contribution in [1.29, 1.82) is 0 Å². The average molecular weight is 347 g/mol. The first-order valence-corrected chi connectivity index (χ1v) is 9.34. The van der Waals surface area contributed by atoms with Crippen LogP contribution < -0.4 is 5.73 Å². The summed E-state index contributed by atoms with van der Waals surface area (Å²) in [5.74, 6) is 0. The molecule has 1 aliphatic rings. The van der Waals surface area contributed by atoms with Crippen LogP contribution in [0.4, 0.5) is 5.69 Å². The minimum absolute atomic E-state index is 0.353. The summed E-state index contributed by atoms with van der Waals surface area (Å²) in [4.78, 5) is 0. The molecule has 0 heterocycles. The van der Waals surface area contributed by atoms with Crippen molar-refractivity contribution in [2.24, 2.45) is 0 Å². The quantitative estimate of drug-likeness (QED) is 0.393. The molecule has 5 rings (SSSR count). The smallest absolute Gasteiger partial charge is 0.0714 e. The van der Waals surface area contributed by atoms with E-state index in [2.05, 4.69) is 97.9 Å². The van der Waals surface area contributed by atoms with Crippen LogP contribution in [0.2, 0.25) is 0 Å². The zero-order valence-electron chi connectivity index (χ0n) is 15.3. The zero-order valence-corrected chi connectivity index (χ0v) is 15.3. The molecule has 2 N–H and O–H groups in total. The van der Waals surface area contributed by atoms with Crippen LogP contribution in [0.3, 0.4) is 0 Å². The predicted octanol–water partition coefficient (Wildman–Crippen LogP) is 5.94. The SMILES string of the molecule is Cc1cccc(C2(c3ccccc3)c3ccccc3-c3ccc(N)cc32)c1. The number of benzene rings is 4. The monoisotopic (exact) mass is 347 g/mol. The molecule has 0 fully saturated rings. The second-order valence-corrected chi connectivity index (χ2v) is 7.34. The van der Waals surface area contributed by atoms with Gasteiger partial charge in [-0.05, 0) is 52.4 Å². The van der Waals surface area contributed by atoms with Crippen LogP contribution in [-0.2, 0) is 5.41 Å². The van der Waals surface area contributed by atoms with Crippen molar-refractivity contribution in [1.82, 2.24) is 0 Å². The van der Waals surface area contributed by atoms with Gasteiger partial charge in [0.05, 0.1) is 5.41 Å². The Kier molecular flexibility index (Phi) is 3.45. The molecule has 0 bridgehead atoms. The number of aryl methyl sites for hydroxylation is 1. The Bertz CT molecular complexity index is 1140. The highest BCUT2D eigenvalue weighted by molar-refractivity contribution is 5.87. The molecule has 130 valence electrons. The molecule has 4 aromatic rings. The molecule has 1 unspecified atom stereocenters. The molecule has 1 aliphatic carbocycles. The van der Waals surface area contributed by atoms with Crippen LogP contribution in [0.5, 0.6) is 0 Å². The first-order chi connectivity index (χ1) is 13.2. The lowest BCUT2D eigenvalue weighted by atomic mass is 9.67. The summed E-state index contributed by atoms with van der Waals surface area (Å²) in [5.41, 5.74) is 15.7. The highest BCUT2D eigenvalue weighted by Crippen LogP contribution is 2.56. The summed E-state index contributed by atoms with van der Waals surface area (Å²) >= 11 is 0. The van der Waals surface area contributed by atoms with E-state index >= 15 is 0 Å². The standard InChI is InChI=1S/C26H21N/c1-18-8-7-11-20(16-18)26(19-9-3-2-4-10-19)24-13-6-5-12-22(24)23-15-14-21(27)17-25(23)26/h2-17H,27H2,1H3. The second-order valence-electron chi connectivity index (χ2n) is 7.34. The molecule has 1 atom stereocenters. The van der Waals surface area contributed by atoms with E-state index in [1.54, 1.807) is 0 Å². The molecule has 0 radical (unpaired) electrons. The van der Waals surface area contributed by atoms with E-state index in [1.807, 2.05) is 6.07 Å². The molecule has 1 heteroatoms. The highest BCUT2D eigenvalue weighted by atomic mass is 14.6. The van der Waals surface area contributed by atoms with Gasteiger partial charge in [-0.25, -0.2) is 0 Å². The van der Waals surface area contributed by atoms with Gasteiger partial charge in [-0.15, -0.1) is 0 Å². The number of nitrogens with two attached hydrogens (primary N) is 1. The fraction of sp³-hybridized carbons (Fsp3) is 0.0769. The first-order valence-electron chi connectivity index (χ1n) is 9.34. The van der Waals surface area contributed by atoms with Crippen LogP contribution in [0.25, 0.3) is 11.1 Å². The van der Waals surface area contributed by atoms with Crippen LogP contribution in [0.1, 0.15) is 27.8 Å². The maximum atomic E-state index is 6.27. The van der Waals surface area contributed by atoms with Crippen molar-refractivity contribution in [3.63, 3.8) is 0 Å². The molecule has 0 saturated carbocycles. The Labute approximate surface area is 160 Å². The molecule has 27 heavy (non-hydrogen) atoms. The molecule has 0 aliphatic heterocycles. The normalized spacial score (nSPS) is 17.4. The summed E-state index contributed by atoms with van der Waals surface area (Å²) in [6.45, 7) is 2.16. The van der Waals surface area contributed by atoms with Crippen molar-refractivity contribution in [2.45, 2.75) is 12.3 Å². The third-order valence-corrected chi connectivity index (χ3v) is 5.73. The minimum Gasteiger partial charge on any atom is -0.399 e. The van der Waals surface area contributed by atoms with E-state index < -0.39 is 0 Å². The van der Waals surface area contributed by atoms with Crippen molar-refractivity contribution in [3.8, 4) is 11.1 Å². The molecule has 0 aromatic heterocycles. The first kappa shape index (κ1) is 15.9. The minimum atomic E-state index is -0.353. The summed E-state index contributed by atoms with van der Waals surface area (Å²) < 4.78 is 0. The van der Waals surface area contributed by atoms with E-state index in [-0.39, 0.29) is 5.41 Å². The molecule has 4 aromatic carbocycles. The molecular weight excluding hydrogens is 326 g/mol. The van der Waals surface area contributed by atoms with Crippen LogP contribution in [-0.4, -0.2) is 0 Å². The average Bonchev–Trinajstić information content (AvgIpc) is 2.99. The fourth-order valence-corrected chi connectivity index (χ4v) is 4.65. The maximum Gasteiger partial charge on any atom is 0.0714 e. The van der Waals surface area contributed by atoms with Gasteiger partial charge in [0.1, 0.15) is 0 Å². The third kappa shape index (κ3) is 2.18. The number of anilines is 1. The van der Waals surface area contributed by atoms with Gasteiger partial charge in [-0.2, -0.15) is 0 Å². The fourth-order valence-electron chi connectivity index (χ4n) is 4.65. The summed E-state index contributed by atoms with van der Waals surface area (Å²) in [6.07, 6.45) is 0. The van der Waals surface area contributed by atoms with E-state index in [0.29, 0.717) is 0 Å². The van der Waals surface area contributed by atoms with Gasteiger partial charge in [0.2, 0.25) is 0 Å². The van der Waals surface area contributed by atoms with Crippen molar-refractivity contribution in [3.05, 3.63) is 125 Å².